The summed E-state index contributed by atoms with van der Waals surface area (Å²) in [6, 6.07) is 18.0. The lowest BCUT2D eigenvalue weighted by atomic mass is 9.95. The van der Waals surface area contributed by atoms with Gasteiger partial charge in [0.25, 0.3) is 0 Å². The number of aliphatic imine (C=N–C) groups is 1. The molecule has 0 saturated carbocycles. The summed E-state index contributed by atoms with van der Waals surface area (Å²) >= 11 is 0. The highest BCUT2D eigenvalue weighted by molar-refractivity contribution is 6.02. The van der Waals surface area contributed by atoms with E-state index in [-0.39, 0.29) is 5.54 Å². The van der Waals surface area contributed by atoms with Crippen LogP contribution < -0.4 is 4.74 Å². The molecule has 1 aliphatic rings. The Kier molecular flexibility index (Phi) is 4.29. The van der Waals surface area contributed by atoms with E-state index in [2.05, 4.69) is 29.3 Å². The maximum Gasteiger partial charge on any atom is 0.247 e. The predicted octanol–water partition coefficient (Wildman–Crippen LogP) is 4.33. The van der Waals surface area contributed by atoms with Gasteiger partial charge in [-0.2, -0.15) is 0 Å². The molecule has 0 radical (unpaired) electrons. The molecule has 1 aromatic heterocycles. The summed E-state index contributed by atoms with van der Waals surface area (Å²) in [7, 11) is 1.64. The lowest BCUT2D eigenvalue weighted by Gasteiger charge is -2.17. The third kappa shape index (κ3) is 3.38. The maximum absolute atomic E-state index is 5.89. The van der Waals surface area contributed by atoms with Gasteiger partial charge in [-0.3, -0.25) is 4.99 Å². The third-order valence-corrected chi connectivity index (χ3v) is 4.73. The van der Waals surface area contributed by atoms with Crippen molar-refractivity contribution in [2.24, 2.45) is 4.99 Å². The van der Waals surface area contributed by atoms with Crippen molar-refractivity contribution in [3.05, 3.63) is 66.1 Å². The molecule has 5 nitrogen and oxygen atoms in total. The first-order chi connectivity index (χ1) is 12.6. The van der Waals surface area contributed by atoms with Crippen molar-refractivity contribution < 1.29 is 9.15 Å². The maximum atomic E-state index is 5.89. The zero-order valence-electron chi connectivity index (χ0n) is 15.0. The van der Waals surface area contributed by atoms with Gasteiger partial charge in [-0.15, -0.1) is 10.2 Å². The van der Waals surface area contributed by atoms with Crippen LogP contribution in [0.4, 0.5) is 0 Å². The Labute approximate surface area is 152 Å². The fourth-order valence-electron chi connectivity index (χ4n) is 3.32. The summed E-state index contributed by atoms with van der Waals surface area (Å²) in [5.74, 6) is 1.89. The molecule has 0 spiro atoms. The van der Waals surface area contributed by atoms with Crippen molar-refractivity contribution in [2.45, 2.75) is 31.7 Å². The van der Waals surface area contributed by atoms with Gasteiger partial charge in [-0.05, 0) is 43.5 Å². The number of nitrogens with zero attached hydrogens (tertiary/aromatic N) is 3. The second-order valence-corrected chi connectivity index (χ2v) is 6.83. The summed E-state index contributed by atoms with van der Waals surface area (Å²) in [6.45, 7) is 2.15. The van der Waals surface area contributed by atoms with Gasteiger partial charge in [0, 0.05) is 11.3 Å². The van der Waals surface area contributed by atoms with E-state index >= 15 is 0 Å². The molecular weight excluding hydrogens is 326 g/mol. The Bertz CT molecular complexity index is 933. The van der Waals surface area contributed by atoms with Gasteiger partial charge in [-0.25, -0.2) is 0 Å². The number of ether oxygens (including phenoxy) is 1. The summed E-state index contributed by atoms with van der Waals surface area (Å²) < 4.78 is 11.1. The van der Waals surface area contributed by atoms with E-state index in [1.54, 1.807) is 7.11 Å². The molecule has 26 heavy (non-hydrogen) atoms. The Morgan fingerprint density at radius 2 is 1.85 bits per heavy atom. The van der Waals surface area contributed by atoms with Crippen molar-refractivity contribution in [3.8, 4) is 17.2 Å². The first-order valence-corrected chi connectivity index (χ1v) is 8.76. The van der Waals surface area contributed by atoms with Crippen LogP contribution in [0.1, 0.15) is 31.2 Å². The van der Waals surface area contributed by atoms with Crippen LogP contribution in [-0.4, -0.2) is 28.6 Å². The number of benzene rings is 2. The highest BCUT2D eigenvalue weighted by atomic mass is 16.5. The van der Waals surface area contributed by atoms with Gasteiger partial charge in [0.15, 0.2) is 0 Å². The number of rotatable bonds is 5. The van der Waals surface area contributed by atoms with Crippen LogP contribution in [0.25, 0.3) is 11.5 Å². The largest absolute Gasteiger partial charge is 0.497 e. The van der Waals surface area contributed by atoms with Gasteiger partial charge in [0.1, 0.15) is 5.75 Å². The Hall–Kier alpha value is -2.95. The minimum Gasteiger partial charge on any atom is -0.497 e. The smallest absolute Gasteiger partial charge is 0.247 e. The van der Waals surface area contributed by atoms with Gasteiger partial charge in [0.05, 0.1) is 19.1 Å². The fraction of sp³-hybridized carbons (Fsp3) is 0.286. The van der Waals surface area contributed by atoms with Crippen LogP contribution >= 0.6 is 0 Å². The quantitative estimate of drug-likeness (QED) is 0.689. The Morgan fingerprint density at radius 3 is 2.65 bits per heavy atom. The van der Waals surface area contributed by atoms with Crippen LogP contribution in [0.2, 0.25) is 0 Å². The summed E-state index contributed by atoms with van der Waals surface area (Å²) in [4.78, 5) is 4.96. The highest BCUT2D eigenvalue weighted by Gasteiger charge is 2.32. The van der Waals surface area contributed by atoms with E-state index in [1.165, 1.54) is 5.56 Å². The molecule has 2 heterocycles. The lowest BCUT2D eigenvalue weighted by molar-refractivity contribution is 0.400. The average Bonchev–Trinajstić information content (AvgIpc) is 3.30. The zero-order valence-corrected chi connectivity index (χ0v) is 15.0. The van der Waals surface area contributed by atoms with E-state index in [1.807, 2.05) is 42.5 Å². The van der Waals surface area contributed by atoms with Crippen LogP contribution in [0.3, 0.4) is 0 Å². The molecule has 4 rings (SSSR count). The van der Waals surface area contributed by atoms with Crippen molar-refractivity contribution in [3.63, 3.8) is 0 Å². The Balaban J connectivity index is 1.53. The topological polar surface area (TPSA) is 60.5 Å². The molecule has 0 N–H and O–H groups in total. The summed E-state index contributed by atoms with van der Waals surface area (Å²) in [6.07, 6.45) is 2.59. The van der Waals surface area contributed by atoms with Crippen LogP contribution in [0.5, 0.6) is 5.75 Å². The SMILES string of the molecule is COc1cccc(-c2nnc(C[C@]3(C)CCC(c4ccccc4)=N3)o2)c1. The van der Waals surface area contributed by atoms with E-state index < -0.39 is 0 Å². The number of methoxy groups -OCH3 is 1. The molecule has 0 aliphatic carbocycles. The summed E-state index contributed by atoms with van der Waals surface area (Å²) in [5.41, 5.74) is 3.00. The number of aromatic nitrogens is 2. The molecule has 0 fully saturated rings. The normalized spacial score (nSPS) is 19.4. The predicted molar refractivity (Wildman–Crippen MR) is 101 cm³/mol. The second kappa shape index (κ2) is 6.75. The minimum atomic E-state index is -0.205. The number of hydrogen-bond donors (Lipinski definition) is 0. The van der Waals surface area contributed by atoms with E-state index in [0.717, 1.165) is 29.9 Å². The molecule has 1 atom stereocenters. The molecule has 2 aromatic carbocycles. The molecule has 1 aliphatic heterocycles. The molecule has 5 heteroatoms. The van der Waals surface area contributed by atoms with E-state index in [9.17, 15) is 0 Å². The Morgan fingerprint density at radius 1 is 1.04 bits per heavy atom. The molecule has 0 unspecified atom stereocenters. The van der Waals surface area contributed by atoms with Gasteiger partial charge >= 0.3 is 0 Å². The van der Waals surface area contributed by atoms with E-state index in [0.29, 0.717) is 18.2 Å². The van der Waals surface area contributed by atoms with Gasteiger partial charge in [0.2, 0.25) is 11.8 Å². The van der Waals surface area contributed by atoms with Gasteiger partial charge < -0.3 is 9.15 Å². The molecule has 3 aromatic rings. The average molecular weight is 347 g/mol. The molecule has 0 saturated heterocycles. The van der Waals surface area contributed by atoms with Crippen LogP contribution in [0, 0.1) is 0 Å². The zero-order chi connectivity index (χ0) is 18.0. The lowest BCUT2D eigenvalue weighted by Crippen LogP contribution is -2.21. The summed E-state index contributed by atoms with van der Waals surface area (Å²) in [5, 5.41) is 8.42. The molecular formula is C21H21N3O2. The van der Waals surface area contributed by atoms with Crippen molar-refractivity contribution in [2.75, 3.05) is 7.11 Å². The monoisotopic (exact) mass is 347 g/mol. The standard InChI is InChI=1S/C21H21N3O2/c1-21(12-11-18(22-21)15-7-4-3-5-8-15)14-19-23-24-20(26-19)16-9-6-10-17(13-16)25-2/h3-10,13H,11-12,14H2,1-2H3/t21-/m0/s1. The second-order valence-electron chi connectivity index (χ2n) is 6.83. The third-order valence-electron chi connectivity index (χ3n) is 4.73. The first kappa shape index (κ1) is 16.5. The first-order valence-electron chi connectivity index (χ1n) is 8.76. The van der Waals surface area contributed by atoms with Crippen molar-refractivity contribution >= 4 is 5.71 Å². The molecule has 132 valence electrons. The van der Waals surface area contributed by atoms with Gasteiger partial charge in [-0.1, -0.05) is 36.4 Å². The van der Waals surface area contributed by atoms with Crippen molar-refractivity contribution in [1.29, 1.82) is 0 Å². The molecule has 0 bridgehead atoms. The van der Waals surface area contributed by atoms with E-state index in [4.69, 9.17) is 14.1 Å². The molecule has 0 amide bonds. The number of hydrogen-bond acceptors (Lipinski definition) is 5. The van der Waals surface area contributed by atoms with Crippen molar-refractivity contribution in [1.82, 2.24) is 10.2 Å². The fourth-order valence-corrected chi connectivity index (χ4v) is 3.32. The highest BCUT2D eigenvalue weighted by Crippen LogP contribution is 2.32. The van der Waals surface area contributed by atoms with Crippen LogP contribution in [-0.2, 0) is 6.42 Å². The minimum absolute atomic E-state index is 0.205. The van der Waals surface area contributed by atoms with Crippen LogP contribution in [0.15, 0.2) is 64.0 Å².